The lowest BCUT2D eigenvalue weighted by Gasteiger charge is -2.19. The van der Waals surface area contributed by atoms with E-state index in [4.69, 9.17) is 10.5 Å². The van der Waals surface area contributed by atoms with E-state index in [1.54, 1.807) is 31.2 Å². The number of hydrogen-bond acceptors (Lipinski definition) is 3. The predicted molar refractivity (Wildman–Crippen MR) is 75.8 cm³/mol. The van der Waals surface area contributed by atoms with Crippen molar-refractivity contribution in [3.63, 3.8) is 0 Å². The zero-order valence-corrected chi connectivity index (χ0v) is 11.9. The van der Waals surface area contributed by atoms with Gasteiger partial charge in [-0.1, -0.05) is 0 Å². The van der Waals surface area contributed by atoms with E-state index in [1.165, 1.54) is 0 Å². The minimum atomic E-state index is -0.484. The van der Waals surface area contributed by atoms with Crippen LogP contribution in [0, 0.1) is 0 Å². The first-order valence-electron chi connectivity index (χ1n) is 5.42. The molecule has 0 saturated heterocycles. The highest BCUT2D eigenvalue weighted by Gasteiger charge is 2.17. The first kappa shape index (κ1) is 16.4. The fourth-order valence-electron chi connectivity index (χ4n) is 1.21. The number of rotatable bonds is 2. The molecule has 0 aliphatic carbocycles. The lowest BCUT2D eigenvalue weighted by atomic mass is 10.1. The van der Waals surface area contributed by atoms with Gasteiger partial charge in [0.05, 0.1) is 17.1 Å². The zero-order chi connectivity index (χ0) is 13.1. The standard InChI is InChI=1S/C13H18N2O2.ClH/c1-9(14)15-11-7-5-10(6-8-11)12(16)17-13(2,3)4;/h5-8H,1-4H3,(H2,14,15);1H. The second kappa shape index (κ2) is 6.40. The molecule has 0 unspecified atom stereocenters. The van der Waals surface area contributed by atoms with Crippen molar-refractivity contribution < 1.29 is 9.53 Å². The van der Waals surface area contributed by atoms with Crippen LogP contribution in [0.5, 0.6) is 0 Å². The van der Waals surface area contributed by atoms with Crippen LogP contribution in [-0.2, 0) is 4.74 Å². The van der Waals surface area contributed by atoms with Crippen molar-refractivity contribution in [3.05, 3.63) is 29.8 Å². The summed E-state index contributed by atoms with van der Waals surface area (Å²) in [5.74, 6) is 0.146. The molecular formula is C13H19ClN2O2. The van der Waals surface area contributed by atoms with Crippen molar-refractivity contribution in [2.24, 2.45) is 10.7 Å². The molecule has 0 aromatic heterocycles. The van der Waals surface area contributed by atoms with Crippen LogP contribution in [0.2, 0.25) is 0 Å². The number of ether oxygens (including phenoxy) is 1. The van der Waals surface area contributed by atoms with Gasteiger partial charge in [0.1, 0.15) is 5.60 Å². The van der Waals surface area contributed by atoms with Gasteiger partial charge in [-0.05, 0) is 52.0 Å². The Labute approximate surface area is 114 Å². The third kappa shape index (κ3) is 5.68. The largest absolute Gasteiger partial charge is 0.456 e. The Morgan fingerprint density at radius 3 is 2.11 bits per heavy atom. The van der Waals surface area contributed by atoms with Crippen molar-refractivity contribution in [3.8, 4) is 0 Å². The smallest absolute Gasteiger partial charge is 0.338 e. The summed E-state index contributed by atoms with van der Waals surface area (Å²) in [6, 6.07) is 6.82. The second-order valence-electron chi connectivity index (χ2n) is 4.80. The van der Waals surface area contributed by atoms with E-state index < -0.39 is 5.60 Å². The SMILES string of the molecule is CC(N)=Nc1ccc(C(=O)OC(C)(C)C)cc1.Cl. The number of aliphatic imine (C=N–C) groups is 1. The molecule has 1 aromatic rings. The molecule has 0 fully saturated rings. The Kier molecular flexibility index (Phi) is 5.85. The first-order valence-corrected chi connectivity index (χ1v) is 5.42. The number of carbonyl (C=O) groups excluding carboxylic acids is 1. The summed E-state index contributed by atoms with van der Waals surface area (Å²) in [6.07, 6.45) is 0. The van der Waals surface area contributed by atoms with Gasteiger partial charge in [0.15, 0.2) is 0 Å². The Hall–Kier alpha value is -1.55. The molecule has 4 nitrogen and oxygen atoms in total. The van der Waals surface area contributed by atoms with E-state index in [-0.39, 0.29) is 18.4 Å². The van der Waals surface area contributed by atoms with E-state index in [2.05, 4.69) is 4.99 Å². The molecular weight excluding hydrogens is 252 g/mol. The van der Waals surface area contributed by atoms with Gasteiger partial charge in [-0.15, -0.1) is 12.4 Å². The number of carbonyl (C=O) groups is 1. The number of amidine groups is 1. The Balaban J connectivity index is 0.00000289. The quantitative estimate of drug-likeness (QED) is 0.510. The highest BCUT2D eigenvalue weighted by atomic mass is 35.5. The molecule has 0 spiro atoms. The van der Waals surface area contributed by atoms with Gasteiger partial charge >= 0.3 is 5.97 Å². The molecule has 0 atom stereocenters. The van der Waals surface area contributed by atoms with Crippen LogP contribution in [0.25, 0.3) is 0 Å². The molecule has 1 aromatic carbocycles. The minimum absolute atomic E-state index is 0. The van der Waals surface area contributed by atoms with Gasteiger partial charge < -0.3 is 10.5 Å². The van der Waals surface area contributed by atoms with Gasteiger partial charge in [0.2, 0.25) is 0 Å². The lowest BCUT2D eigenvalue weighted by Crippen LogP contribution is -2.23. The summed E-state index contributed by atoms with van der Waals surface area (Å²) < 4.78 is 5.25. The molecule has 0 radical (unpaired) electrons. The topological polar surface area (TPSA) is 64.7 Å². The van der Waals surface area contributed by atoms with Crippen molar-refractivity contribution in [2.45, 2.75) is 33.3 Å². The first-order chi connectivity index (χ1) is 7.78. The van der Waals surface area contributed by atoms with Crippen LogP contribution in [0.3, 0.4) is 0 Å². The third-order valence-corrected chi connectivity index (χ3v) is 1.81. The monoisotopic (exact) mass is 270 g/mol. The maximum Gasteiger partial charge on any atom is 0.338 e. The van der Waals surface area contributed by atoms with Crippen LogP contribution < -0.4 is 5.73 Å². The summed E-state index contributed by atoms with van der Waals surface area (Å²) >= 11 is 0. The molecule has 1 rings (SSSR count). The van der Waals surface area contributed by atoms with Gasteiger partial charge in [-0.25, -0.2) is 9.79 Å². The van der Waals surface area contributed by atoms with Gasteiger partial charge in [0, 0.05) is 0 Å². The summed E-state index contributed by atoms with van der Waals surface area (Å²) in [6.45, 7) is 7.21. The van der Waals surface area contributed by atoms with E-state index >= 15 is 0 Å². The normalized spacial score (nSPS) is 11.7. The second-order valence-corrected chi connectivity index (χ2v) is 4.80. The zero-order valence-electron chi connectivity index (χ0n) is 11.1. The molecule has 0 amide bonds. The van der Waals surface area contributed by atoms with Gasteiger partial charge in [-0.2, -0.15) is 0 Å². The fraction of sp³-hybridized carbons (Fsp3) is 0.385. The average molecular weight is 271 g/mol. The van der Waals surface area contributed by atoms with Crippen molar-refractivity contribution in [2.75, 3.05) is 0 Å². The summed E-state index contributed by atoms with van der Waals surface area (Å²) in [4.78, 5) is 15.8. The van der Waals surface area contributed by atoms with Crippen LogP contribution in [0.4, 0.5) is 5.69 Å². The Morgan fingerprint density at radius 1 is 1.22 bits per heavy atom. The summed E-state index contributed by atoms with van der Waals surface area (Å²) in [7, 11) is 0. The molecule has 18 heavy (non-hydrogen) atoms. The van der Waals surface area contributed by atoms with E-state index in [9.17, 15) is 4.79 Å². The van der Waals surface area contributed by atoms with Crippen LogP contribution in [-0.4, -0.2) is 17.4 Å². The van der Waals surface area contributed by atoms with Gasteiger partial charge in [0.25, 0.3) is 0 Å². The number of halogens is 1. The summed E-state index contributed by atoms with van der Waals surface area (Å²) in [5, 5.41) is 0. The van der Waals surface area contributed by atoms with E-state index in [0.29, 0.717) is 11.4 Å². The van der Waals surface area contributed by atoms with Crippen molar-refractivity contribution >= 4 is 29.9 Å². The van der Waals surface area contributed by atoms with Crippen LogP contribution >= 0.6 is 12.4 Å². The summed E-state index contributed by atoms with van der Waals surface area (Å²) in [5.41, 5.74) is 6.21. The molecule has 100 valence electrons. The van der Waals surface area contributed by atoms with Crippen LogP contribution in [0.1, 0.15) is 38.1 Å². The molecule has 0 saturated carbocycles. The molecule has 0 aliphatic heterocycles. The lowest BCUT2D eigenvalue weighted by molar-refractivity contribution is 0.00696. The third-order valence-electron chi connectivity index (χ3n) is 1.81. The number of esters is 1. The molecule has 2 N–H and O–H groups in total. The van der Waals surface area contributed by atoms with E-state index in [0.717, 1.165) is 5.69 Å². The number of nitrogens with zero attached hydrogens (tertiary/aromatic N) is 1. The number of nitrogens with two attached hydrogens (primary N) is 1. The van der Waals surface area contributed by atoms with E-state index in [1.807, 2.05) is 20.8 Å². The van der Waals surface area contributed by atoms with Crippen molar-refractivity contribution in [1.82, 2.24) is 0 Å². The Morgan fingerprint density at radius 2 is 1.72 bits per heavy atom. The maximum absolute atomic E-state index is 11.7. The molecule has 0 aliphatic rings. The molecule has 0 bridgehead atoms. The number of hydrogen-bond donors (Lipinski definition) is 1. The number of benzene rings is 1. The predicted octanol–water partition coefficient (Wildman–Crippen LogP) is 3.07. The Bertz CT molecular complexity index is 429. The van der Waals surface area contributed by atoms with Crippen LogP contribution in [0.15, 0.2) is 29.3 Å². The minimum Gasteiger partial charge on any atom is -0.456 e. The maximum atomic E-state index is 11.7. The van der Waals surface area contributed by atoms with Crippen molar-refractivity contribution in [1.29, 1.82) is 0 Å². The highest BCUT2D eigenvalue weighted by Crippen LogP contribution is 2.16. The molecule has 5 heteroatoms. The molecule has 0 heterocycles. The highest BCUT2D eigenvalue weighted by molar-refractivity contribution is 5.90. The average Bonchev–Trinajstić information content (AvgIpc) is 2.15. The van der Waals surface area contributed by atoms with Gasteiger partial charge in [-0.3, -0.25) is 0 Å². The fourth-order valence-corrected chi connectivity index (χ4v) is 1.21.